The van der Waals surface area contributed by atoms with Crippen LogP contribution in [0.2, 0.25) is 0 Å². The first-order valence-electron chi connectivity index (χ1n) is 8.20. The third-order valence-corrected chi connectivity index (χ3v) is 7.87. The molecule has 5 nitrogen and oxygen atoms in total. The quantitative estimate of drug-likeness (QED) is 0.902. The summed E-state index contributed by atoms with van der Waals surface area (Å²) in [6.45, 7) is 3.06. The highest BCUT2D eigenvalue weighted by molar-refractivity contribution is 7.89. The van der Waals surface area contributed by atoms with E-state index < -0.39 is 10.0 Å². The third kappa shape index (κ3) is 1.97. The van der Waals surface area contributed by atoms with Gasteiger partial charge < -0.3 is 5.32 Å². The summed E-state index contributed by atoms with van der Waals surface area (Å²) >= 11 is 0. The Labute approximate surface area is 132 Å². The number of hydrogen-bond donors (Lipinski definition) is 1. The van der Waals surface area contributed by atoms with Crippen molar-refractivity contribution in [3.8, 4) is 0 Å². The van der Waals surface area contributed by atoms with Crippen LogP contribution >= 0.6 is 0 Å². The maximum absolute atomic E-state index is 13.2. The molecule has 1 aromatic rings. The molecular formula is C16H23N3O2S. The predicted octanol–water partition coefficient (Wildman–Crippen LogP) is 1.77. The highest BCUT2D eigenvalue weighted by atomic mass is 32.2. The Bertz CT molecular complexity index is 663. The standard InChI is InChI=1S/C16H23N3O2S/c1-16-9-12-10-18-14(16)6-2-3-7-15(16)19(12)22(20,21)13-5-4-8-17-11-13/h4-5,8,11-12,14-15,18H,2-3,6-7,9-10H2,1H3/t12-,14+,15-,16+/m0/s1. The van der Waals surface area contributed by atoms with Crippen LogP contribution in [0.5, 0.6) is 0 Å². The van der Waals surface area contributed by atoms with Crippen LogP contribution in [-0.2, 0) is 10.0 Å². The summed E-state index contributed by atoms with van der Waals surface area (Å²) in [5.41, 5.74) is 0.0642. The van der Waals surface area contributed by atoms with Gasteiger partial charge in [-0.2, -0.15) is 4.31 Å². The van der Waals surface area contributed by atoms with Gasteiger partial charge in [0.2, 0.25) is 10.0 Å². The summed E-state index contributed by atoms with van der Waals surface area (Å²) in [5, 5.41) is 3.62. The van der Waals surface area contributed by atoms with Crippen LogP contribution in [-0.4, -0.2) is 42.4 Å². The van der Waals surface area contributed by atoms with Gasteiger partial charge in [-0.1, -0.05) is 19.8 Å². The Hall–Kier alpha value is -0.980. The van der Waals surface area contributed by atoms with Crippen molar-refractivity contribution in [1.82, 2.24) is 14.6 Å². The summed E-state index contributed by atoms with van der Waals surface area (Å²) < 4.78 is 28.2. The first-order chi connectivity index (χ1) is 10.5. The molecule has 1 aromatic heterocycles. The van der Waals surface area contributed by atoms with Crippen LogP contribution < -0.4 is 5.32 Å². The number of aromatic nitrogens is 1. The van der Waals surface area contributed by atoms with Crippen molar-refractivity contribution in [2.75, 3.05) is 6.54 Å². The minimum Gasteiger partial charge on any atom is -0.312 e. The second kappa shape index (κ2) is 5.01. The molecule has 0 aromatic carbocycles. The molecule has 1 N–H and O–H groups in total. The monoisotopic (exact) mass is 321 g/mol. The fourth-order valence-electron chi connectivity index (χ4n) is 4.89. The smallest absolute Gasteiger partial charge is 0.245 e. The molecule has 6 heteroatoms. The van der Waals surface area contributed by atoms with Crippen LogP contribution in [0.3, 0.4) is 0 Å². The normalized spacial score (nSPS) is 38.7. The van der Waals surface area contributed by atoms with Crippen molar-refractivity contribution < 1.29 is 8.42 Å². The van der Waals surface area contributed by atoms with Crippen molar-refractivity contribution in [2.45, 2.75) is 62.0 Å². The maximum Gasteiger partial charge on any atom is 0.245 e. The van der Waals surface area contributed by atoms with Crippen LogP contribution in [0.4, 0.5) is 0 Å². The van der Waals surface area contributed by atoms with Gasteiger partial charge in [-0.05, 0) is 31.4 Å². The fourth-order valence-corrected chi connectivity index (χ4v) is 6.80. The second-order valence-corrected chi connectivity index (χ2v) is 8.99. The van der Waals surface area contributed by atoms with Crippen LogP contribution in [0.25, 0.3) is 0 Å². The van der Waals surface area contributed by atoms with Gasteiger partial charge in [0.15, 0.2) is 0 Å². The maximum atomic E-state index is 13.2. The number of piperidine rings is 1. The lowest BCUT2D eigenvalue weighted by Gasteiger charge is -2.40. The molecule has 2 bridgehead atoms. The van der Waals surface area contributed by atoms with E-state index in [1.165, 1.54) is 19.0 Å². The van der Waals surface area contributed by atoms with Crippen molar-refractivity contribution in [1.29, 1.82) is 0 Å². The fraction of sp³-hybridized carbons (Fsp3) is 0.688. The zero-order valence-corrected chi connectivity index (χ0v) is 13.7. The van der Waals surface area contributed by atoms with Crippen LogP contribution in [0, 0.1) is 5.41 Å². The minimum atomic E-state index is -3.47. The highest BCUT2D eigenvalue weighted by Crippen LogP contribution is 2.52. The van der Waals surface area contributed by atoms with Gasteiger partial charge in [-0.3, -0.25) is 4.98 Å². The Kier molecular flexibility index (Phi) is 3.33. The van der Waals surface area contributed by atoms with E-state index in [2.05, 4.69) is 17.2 Å². The van der Waals surface area contributed by atoms with Crippen molar-refractivity contribution in [2.24, 2.45) is 5.41 Å². The molecule has 1 saturated carbocycles. The minimum absolute atomic E-state index is 0.0642. The van der Waals surface area contributed by atoms with Crippen molar-refractivity contribution in [3.63, 3.8) is 0 Å². The van der Waals surface area contributed by atoms with Crippen molar-refractivity contribution in [3.05, 3.63) is 24.5 Å². The Morgan fingerprint density at radius 3 is 2.95 bits per heavy atom. The van der Waals surface area contributed by atoms with Crippen LogP contribution in [0.1, 0.15) is 39.0 Å². The van der Waals surface area contributed by atoms with Gasteiger partial charge in [0.05, 0.1) is 0 Å². The van der Waals surface area contributed by atoms with Gasteiger partial charge in [0, 0.05) is 42.5 Å². The Balaban J connectivity index is 1.79. The topological polar surface area (TPSA) is 62.3 Å². The molecule has 4 atom stereocenters. The zero-order chi connectivity index (χ0) is 15.4. The van der Waals surface area contributed by atoms with Gasteiger partial charge in [-0.15, -0.1) is 0 Å². The third-order valence-electron chi connectivity index (χ3n) is 5.93. The molecule has 0 radical (unpaired) electrons. The summed E-state index contributed by atoms with van der Waals surface area (Å²) in [6.07, 6.45) is 8.52. The van der Waals surface area contributed by atoms with E-state index in [0.717, 1.165) is 25.8 Å². The number of sulfonamides is 1. The van der Waals surface area contributed by atoms with Gasteiger partial charge in [0.1, 0.15) is 4.90 Å². The SMILES string of the molecule is C[C@@]12C[C@H]3CN[C@@H]1CCCC[C@@H]2N3S(=O)(=O)c1cccnc1. The number of pyridine rings is 1. The molecule has 22 heavy (non-hydrogen) atoms. The summed E-state index contributed by atoms with van der Waals surface area (Å²) in [4.78, 5) is 4.33. The Morgan fingerprint density at radius 2 is 2.18 bits per heavy atom. The number of rotatable bonds is 2. The van der Waals surface area contributed by atoms with Gasteiger partial charge in [-0.25, -0.2) is 8.42 Å². The number of hydrogen-bond acceptors (Lipinski definition) is 4. The zero-order valence-electron chi connectivity index (χ0n) is 12.9. The highest BCUT2D eigenvalue weighted by Gasteiger charge is 2.59. The van der Waals surface area contributed by atoms with E-state index in [1.54, 1.807) is 18.3 Å². The molecule has 2 saturated heterocycles. The number of fused-ring (bicyclic) bond motifs is 1. The molecule has 120 valence electrons. The van der Waals surface area contributed by atoms with E-state index in [9.17, 15) is 8.42 Å². The Morgan fingerprint density at radius 1 is 1.36 bits per heavy atom. The van der Waals surface area contributed by atoms with E-state index >= 15 is 0 Å². The predicted molar refractivity (Wildman–Crippen MR) is 83.8 cm³/mol. The van der Waals surface area contributed by atoms with Gasteiger partial charge >= 0.3 is 0 Å². The molecule has 3 fully saturated rings. The average Bonchev–Trinajstić information content (AvgIpc) is 2.64. The molecule has 4 rings (SSSR count). The summed E-state index contributed by atoms with van der Waals surface area (Å²) in [7, 11) is -3.47. The average molecular weight is 321 g/mol. The van der Waals surface area contributed by atoms with Gasteiger partial charge in [0.25, 0.3) is 0 Å². The number of nitrogens with one attached hydrogen (secondary N) is 1. The molecule has 3 heterocycles. The molecule has 3 aliphatic rings. The summed E-state index contributed by atoms with van der Waals surface area (Å²) in [6, 6.07) is 4.00. The van der Waals surface area contributed by atoms with E-state index in [-0.39, 0.29) is 17.5 Å². The first-order valence-corrected chi connectivity index (χ1v) is 9.64. The first kappa shape index (κ1) is 14.6. The molecule has 1 aliphatic carbocycles. The van der Waals surface area contributed by atoms with E-state index in [4.69, 9.17) is 0 Å². The molecule has 2 aliphatic heterocycles. The molecule has 0 spiro atoms. The lowest BCUT2D eigenvalue weighted by atomic mass is 9.72. The lowest BCUT2D eigenvalue weighted by Crippen LogP contribution is -2.51. The largest absolute Gasteiger partial charge is 0.312 e. The lowest BCUT2D eigenvalue weighted by molar-refractivity contribution is 0.164. The molecular weight excluding hydrogens is 298 g/mol. The van der Waals surface area contributed by atoms with Crippen LogP contribution in [0.15, 0.2) is 29.4 Å². The molecule has 0 unspecified atom stereocenters. The molecule has 0 amide bonds. The van der Waals surface area contributed by atoms with E-state index in [1.807, 2.05) is 4.31 Å². The second-order valence-electron chi connectivity index (χ2n) is 7.15. The van der Waals surface area contributed by atoms with Crippen molar-refractivity contribution >= 4 is 10.0 Å². The summed E-state index contributed by atoms with van der Waals surface area (Å²) in [5.74, 6) is 0. The number of nitrogens with zero attached hydrogens (tertiary/aromatic N) is 2. The van der Waals surface area contributed by atoms with E-state index in [0.29, 0.717) is 10.9 Å².